The van der Waals surface area contributed by atoms with Crippen molar-refractivity contribution in [3.05, 3.63) is 36.2 Å². The number of benzene rings is 1. The number of aromatic amines is 1. The Hall–Kier alpha value is -2.15. The van der Waals surface area contributed by atoms with Gasteiger partial charge in [-0.15, -0.1) is 0 Å². The molecule has 0 bridgehead atoms. The van der Waals surface area contributed by atoms with Gasteiger partial charge in [0.05, 0.1) is 5.25 Å². The first-order valence-corrected chi connectivity index (χ1v) is 6.88. The van der Waals surface area contributed by atoms with E-state index in [4.69, 9.17) is 0 Å². The second-order valence-electron chi connectivity index (χ2n) is 4.17. The molecular formula is C13H14N4O2S. The van der Waals surface area contributed by atoms with Crippen LogP contribution in [0.1, 0.15) is 24.2 Å². The Morgan fingerprint density at radius 2 is 2.00 bits per heavy atom. The maximum atomic E-state index is 12.0. The van der Waals surface area contributed by atoms with Gasteiger partial charge in [0.25, 0.3) is 0 Å². The van der Waals surface area contributed by atoms with Crippen molar-refractivity contribution in [2.45, 2.75) is 24.3 Å². The zero-order valence-electron chi connectivity index (χ0n) is 11.1. The van der Waals surface area contributed by atoms with Crippen LogP contribution in [-0.2, 0) is 4.79 Å². The number of carbonyl (C=O) groups excluding carboxylic acids is 2. The van der Waals surface area contributed by atoms with Gasteiger partial charge in [-0.3, -0.25) is 14.7 Å². The standard InChI is InChI=1S/C13H14N4O2S/c1-8(18)10-3-5-11(6-4-10)16-12(19)9(2)20-13-14-7-15-17-13/h3-7,9H,1-2H3,(H,16,19)(H,14,15,17)/t9-/m1/s1. The van der Waals surface area contributed by atoms with Gasteiger partial charge in [-0.05, 0) is 38.1 Å². The fourth-order valence-electron chi connectivity index (χ4n) is 1.50. The van der Waals surface area contributed by atoms with Crippen LogP contribution >= 0.6 is 11.8 Å². The van der Waals surface area contributed by atoms with Crippen molar-refractivity contribution >= 4 is 29.1 Å². The summed E-state index contributed by atoms with van der Waals surface area (Å²) in [5.74, 6) is -0.140. The van der Waals surface area contributed by atoms with Gasteiger partial charge in [0.1, 0.15) is 6.33 Å². The fraction of sp³-hybridized carbons (Fsp3) is 0.231. The van der Waals surface area contributed by atoms with Crippen molar-refractivity contribution in [3.63, 3.8) is 0 Å². The molecule has 0 unspecified atom stereocenters. The molecule has 2 N–H and O–H groups in total. The first kappa shape index (κ1) is 14.3. The molecule has 0 spiro atoms. The van der Waals surface area contributed by atoms with E-state index in [1.165, 1.54) is 25.0 Å². The second-order valence-corrected chi connectivity index (χ2v) is 5.50. The summed E-state index contributed by atoms with van der Waals surface area (Å²) in [6.07, 6.45) is 1.40. The Labute approximate surface area is 120 Å². The number of nitrogens with zero attached hydrogens (tertiary/aromatic N) is 2. The van der Waals surface area contributed by atoms with Crippen LogP contribution in [0.3, 0.4) is 0 Å². The van der Waals surface area contributed by atoms with E-state index < -0.39 is 0 Å². The van der Waals surface area contributed by atoms with E-state index in [9.17, 15) is 9.59 Å². The SMILES string of the molecule is CC(=O)c1ccc(NC(=O)[C@@H](C)Sc2ncn[nH]2)cc1. The Balaban J connectivity index is 1.95. The number of H-pyrrole nitrogens is 1. The minimum absolute atomic E-state index is 0.00267. The van der Waals surface area contributed by atoms with Gasteiger partial charge in [-0.25, -0.2) is 4.98 Å². The summed E-state index contributed by atoms with van der Waals surface area (Å²) in [7, 11) is 0. The van der Waals surface area contributed by atoms with Gasteiger partial charge in [-0.1, -0.05) is 11.8 Å². The van der Waals surface area contributed by atoms with Crippen LogP contribution in [0, 0.1) is 0 Å². The summed E-state index contributed by atoms with van der Waals surface area (Å²) in [6, 6.07) is 6.79. The highest BCUT2D eigenvalue weighted by Gasteiger charge is 2.16. The van der Waals surface area contributed by atoms with Crippen LogP contribution < -0.4 is 5.32 Å². The van der Waals surface area contributed by atoms with E-state index in [1.807, 2.05) is 0 Å². The maximum Gasteiger partial charge on any atom is 0.237 e. The fourth-order valence-corrected chi connectivity index (χ4v) is 2.22. The average molecular weight is 290 g/mol. The number of nitrogens with one attached hydrogen (secondary N) is 2. The largest absolute Gasteiger partial charge is 0.325 e. The number of carbonyl (C=O) groups is 2. The number of ketones is 1. The van der Waals surface area contributed by atoms with E-state index in [0.717, 1.165) is 0 Å². The van der Waals surface area contributed by atoms with Crippen molar-refractivity contribution in [3.8, 4) is 0 Å². The van der Waals surface area contributed by atoms with Crippen LogP contribution in [0.2, 0.25) is 0 Å². The predicted molar refractivity (Wildman–Crippen MR) is 76.8 cm³/mol. The number of amides is 1. The van der Waals surface area contributed by atoms with Crippen LogP contribution in [0.4, 0.5) is 5.69 Å². The molecule has 2 rings (SSSR count). The lowest BCUT2D eigenvalue weighted by atomic mass is 10.1. The van der Waals surface area contributed by atoms with Crippen LogP contribution in [0.5, 0.6) is 0 Å². The smallest absolute Gasteiger partial charge is 0.237 e. The van der Waals surface area contributed by atoms with E-state index in [0.29, 0.717) is 16.4 Å². The monoisotopic (exact) mass is 290 g/mol. The Morgan fingerprint density at radius 3 is 2.55 bits per heavy atom. The number of aromatic nitrogens is 3. The van der Waals surface area contributed by atoms with Gasteiger partial charge >= 0.3 is 0 Å². The third kappa shape index (κ3) is 3.67. The molecule has 1 aromatic carbocycles. The summed E-state index contributed by atoms with van der Waals surface area (Å²) < 4.78 is 0. The van der Waals surface area contributed by atoms with Gasteiger partial charge in [0, 0.05) is 11.3 Å². The minimum Gasteiger partial charge on any atom is -0.325 e. The number of hydrogen-bond donors (Lipinski definition) is 2. The summed E-state index contributed by atoms with van der Waals surface area (Å²) in [5.41, 5.74) is 1.28. The van der Waals surface area contributed by atoms with Crippen LogP contribution in [0.15, 0.2) is 35.7 Å². The number of hydrogen-bond acceptors (Lipinski definition) is 5. The second kappa shape index (κ2) is 6.33. The highest BCUT2D eigenvalue weighted by molar-refractivity contribution is 8.00. The zero-order chi connectivity index (χ0) is 14.5. The van der Waals surface area contributed by atoms with E-state index >= 15 is 0 Å². The van der Waals surface area contributed by atoms with E-state index in [2.05, 4.69) is 20.5 Å². The lowest BCUT2D eigenvalue weighted by molar-refractivity contribution is -0.115. The number of rotatable bonds is 5. The first-order chi connectivity index (χ1) is 9.56. The molecule has 0 radical (unpaired) electrons. The van der Waals surface area contributed by atoms with Crippen molar-refractivity contribution in [2.75, 3.05) is 5.32 Å². The lowest BCUT2D eigenvalue weighted by Gasteiger charge is -2.10. The summed E-state index contributed by atoms with van der Waals surface area (Å²) in [6.45, 7) is 3.29. The molecule has 0 saturated heterocycles. The molecule has 104 valence electrons. The number of Topliss-reactive ketones (excluding diaryl/α,β-unsaturated/α-hetero) is 1. The first-order valence-electron chi connectivity index (χ1n) is 6.00. The zero-order valence-corrected chi connectivity index (χ0v) is 11.9. The maximum absolute atomic E-state index is 12.0. The van der Waals surface area contributed by atoms with E-state index in [1.54, 1.807) is 31.2 Å². The topological polar surface area (TPSA) is 87.7 Å². The van der Waals surface area contributed by atoms with Crippen molar-refractivity contribution in [1.82, 2.24) is 15.2 Å². The number of thioether (sulfide) groups is 1. The summed E-state index contributed by atoms with van der Waals surface area (Å²) in [5, 5.41) is 9.49. The third-order valence-electron chi connectivity index (χ3n) is 2.61. The molecule has 1 atom stereocenters. The quantitative estimate of drug-likeness (QED) is 0.650. The molecular weight excluding hydrogens is 276 g/mol. The van der Waals surface area contributed by atoms with Gasteiger partial charge in [-0.2, -0.15) is 5.10 Å². The molecule has 2 aromatic rings. The minimum atomic E-state index is -0.310. The van der Waals surface area contributed by atoms with Gasteiger partial charge in [0.2, 0.25) is 5.91 Å². The Bertz CT molecular complexity index is 595. The predicted octanol–water partition coefficient (Wildman–Crippen LogP) is 2.13. The van der Waals surface area contributed by atoms with Crippen molar-refractivity contribution in [2.24, 2.45) is 0 Å². The molecule has 7 heteroatoms. The average Bonchev–Trinajstić information content (AvgIpc) is 2.92. The molecule has 1 heterocycles. The molecule has 0 saturated carbocycles. The summed E-state index contributed by atoms with van der Waals surface area (Å²) >= 11 is 1.29. The Kier molecular flexibility index (Phi) is 4.52. The highest BCUT2D eigenvalue weighted by Crippen LogP contribution is 2.20. The molecule has 1 aromatic heterocycles. The summed E-state index contributed by atoms with van der Waals surface area (Å²) in [4.78, 5) is 27.1. The van der Waals surface area contributed by atoms with Crippen molar-refractivity contribution in [1.29, 1.82) is 0 Å². The molecule has 6 nitrogen and oxygen atoms in total. The molecule has 0 aliphatic carbocycles. The molecule has 0 aliphatic rings. The molecule has 20 heavy (non-hydrogen) atoms. The normalized spacial score (nSPS) is 11.9. The van der Waals surface area contributed by atoms with Gasteiger partial charge < -0.3 is 5.32 Å². The molecule has 1 amide bonds. The lowest BCUT2D eigenvalue weighted by Crippen LogP contribution is -2.22. The number of anilines is 1. The molecule has 0 aliphatic heterocycles. The van der Waals surface area contributed by atoms with Crippen LogP contribution in [0.25, 0.3) is 0 Å². The Morgan fingerprint density at radius 1 is 1.30 bits per heavy atom. The third-order valence-corrected chi connectivity index (χ3v) is 3.60. The van der Waals surface area contributed by atoms with Crippen molar-refractivity contribution < 1.29 is 9.59 Å². The van der Waals surface area contributed by atoms with Gasteiger partial charge in [0.15, 0.2) is 10.9 Å². The highest BCUT2D eigenvalue weighted by atomic mass is 32.2. The van der Waals surface area contributed by atoms with Crippen LogP contribution in [-0.4, -0.2) is 32.1 Å². The van der Waals surface area contributed by atoms with E-state index in [-0.39, 0.29) is 16.9 Å². The molecule has 0 fully saturated rings.